The largest absolute Gasteiger partial charge is 0.481 e. The molecule has 7 N–H and O–H groups in total. The van der Waals surface area contributed by atoms with Crippen LogP contribution in [0, 0.1) is 5.82 Å². The van der Waals surface area contributed by atoms with Gasteiger partial charge in [-0.05, 0) is 44.6 Å². The van der Waals surface area contributed by atoms with Crippen molar-refractivity contribution in [1.29, 1.82) is 0 Å². The molecule has 0 bridgehead atoms. The van der Waals surface area contributed by atoms with Crippen LogP contribution in [0.2, 0.25) is 0 Å². The molecule has 2 saturated carbocycles. The molecule has 0 unspecified atom stereocenters. The Balaban J connectivity index is 1.28. The Labute approximate surface area is 222 Å². The van der Waals surface area contributed by atoms with Gasteiger partial charge in [-0.2, -0.15) is 0 Å². The van der Waals surface area contributed by atoms with Crippen LogP contribution in [0.5, 0.6) is 0 Å². The second-order valence-electron chi connectivity index (χ2n) is 9.96. The van der Waals surface area contributed by atoms with E-state index < -0.39 is 36.1 Å². The maximum Gasteiger partial charge on any atom is 0.305 e. The quantitative estimate of drug-likeness (QED) is 0.221. The first kappa shape index (κ1) is 26.3. The molecule has 2 fully saturated rings. The second-order valence-corrected chi connectivity index (χ2v) is 9.96. The number of fused-ring (bicyclic) bond motifs is 1. The fourth-order valence-corrected chi connectivity index (χ4v) is 4.59. The second kappa shape index (κ2) is 11.2. The number of carbonyl (C=O) groups excluding carboxylic acids is 2. The molecule has 0 saturated heterocycles. The lowest BCUT2D eigenvalue weighted by atomic mass is 9.91. The summed E-state index contributed by atoms with van der Waals surface area (Å²) in [6, 6.07) is 2.46. The van der Waals surface area contributed by atoms with Crippen LogP contribution >= 0.6 is 0 Å². The number of pyridine rings is 1. The summed E-state index contributed by atoms with van der Waals surface area (Å²) in [5.41, 5.74) is 7.03. The Morgan fingerprint density at radius 1 is 1.05 bits per heavy atom. The van der Waals surface area contributed by atoms with Gasteiger partial charge in [-0.1, -0.05) is 0 Å². The number of carboxylic acid groups (broad SMARTS) is 1. The molecule has 2 aliphatic rings. The van der Waals surface area contributed by atoms with Crippen LogP contribution in [0.3, 0.4) is 0 Å². The van der Waals surface area contributed by atoms with Crippen molar-refractivity contribution in [2.45, 2.75) is 69.1 Å². The van der Waals surface area contributed by atoms with E-state index in [9.17, 15) is 18.8 Å². The molecule has 3 aromatic heterocycles. The lowest BCUT2D eigenvalue weighted by Gasteiger charge is -2.30. The summed E-state index contributed by atoms with van der Waals surface area (Å²) >= 11 is 0. The third kappa shape index (κ3) is 6.39. The smallest absolute Gasteiger partial charge is 0.305 e. The highest BCUT2D eigenvalue weighted by Crippen LogP contribution is 2.30. The normalized spacial score (nSPS) is 19.7. The number of halogens is 1. The SMILES string of the molecule is N[C@@H](CC(=O)O)C(=O)N[C@H]1CC[C@H](Nc2cc(NC3CC3)c3ncc(C(=O)Nc4ccncc4F)n3n2)CC1. The van der Waals surface area contributed by atoms with E-state index in [1.807, 2.05) is 6.07 Å². The van der Waals surface area contributed by atoms with Crippen LogP contribution < -0.4 is 27.0 Å². The summed E-state index contributed by atoms with van der Waals surface area (Å²) < 4.78 is 15.5. The fourth-order valence-electron chi connectivity index (χ4n) is 4.59. The number of nitrogens with one attached hydrogen (secondary N) is 4. The minimum atomic E-state index is -1.12. The summed E-state index contributed by atoms with van der Waals surface area (Å²) in [7, 11) is 0. The number of carboxylic acids is 1. The van der Waals surface area contributed by atoms with Gasteiger partial charge in [0, 0.05) is 30.4 Å². The van der Waals surface area contributed by atoms with Gasteiger partial charge >= 0.3 is 5.97 Å². The van der Waals surface area contributed by atoms with Crippen molar-refractivity contribution in [3.05, 3.63) is 42.2 Å². The van der Waals surface area contributed by atoms with E-state index in [4.69, 9.17) is 10.8 Å². The topological polar surface area (TPSA) is 189 Å². The zero-order chi connectivity index (χ0) is 27.5. The number of imidazole rings is 1. The van der Waals surface area contributed by atoms with Gasteiger partial charge in [-0.25, -0.2) is 13.9 Å². The van der Waals surface area contributed by atoms with Crippen molar-refractivity contribution in [1.82, 2.24) is 24.9 Å². The van der Waals surface area contributed by atoms with Crippen LogP contribution in [-0.2, 0) is 9.59 Å². The monoisotopic (exact) mass is 539 g/mol. The Hall–Kier alpha value is -4.33. The van der Waals surface area contributed by atoms with Crippen molar-refractivity contribution in [3.63, 3.8) is 0 Å². The Bertz CT molecular complexity index is 1390. The van der Waals surface area contributed by atoms with Crippen LogP contribution in [0.4, 0.5) is 21.6 Å². The molecule has 0 spiro atoms. The van der Waals surface area contributed by atoms with Crippen molar-refractivity contribution >= 4 is 40.6 Å². The first-order chi connectivity index (χ1) is 18.8. The highest BCUT2D eigenvalue weighted by atomic mass is 19.1. The van der Waals surface area contributed by atoms with E-state index >= 15 is 0 Å². The minimum absolute atomic E-state index is 0.00308. The molecule has 0 aromatic carbocycles. The first-order valence-corrected chi connectivity index (χ1v) is 12.9. The summed E-state index contributed by atoms with van der Waals surface area (Å²) in [5.74, 6) is -2.25. The predicted octanol–water partition coefficient (Wildman–Crippen LogP) is 1.73. The van der Waals surface area contributed by atoms with Gasteiger partial charge in [0.25, 0.3) is 5.91 Å². The van der Waals surface area contributed by atoms with E-state index in [0.717, 1.165) is 37.6 Å². The highest BCUT2D eigenvalue weighted by molar-refractivity contribution is 6.03. The summed E-state index contributed by atoms with van der Waals surface area (Å²) in [6.07, 6.45) is 8.33. The average Bonchev–Trinajstić information content (AvgIpc) is 3.61. The van der Waals surface area contributed by atoms with E-state index in [1.165, 1.54) is 23.0 Å². The molecule has 3 aromatic rings. The van der Waals surface area contributed by atoms with E-state index in [-0.39, 0.29) is 23.5 Å². The van der Waals surface area contributed by atoms with Crippen LogP contribution in [0.25, 0.3) is 5.65 Å². The number of nitrogens with two attached hydrogens (primary N) is 1. The maximum absolute atomic E-state index is 14.0. The lowest BCUT2D eigenvalue weighted by Crippen LogP contribution is -2.48. The number of nitrogens with zero attached hydrogens (tertiary/aromatic N) is 4. The highest BCUT2D eigenvalue weighted by Gasteiger charge is 2.27. The van der Waals surface area contributed by atoms with Crippen molar-refractivity contribution in [2.75, 3.05) is 16.0 Å². The molecular weight excluding hydrogens is 509 g/mol. The molecule has 5 rings (SSSR count). The number of hydrogen-bond donors (Lipinski definition) is 6. The van der Waals surface area contributed by atoms with Gasteiger partial charge in [-0.3, -0.25) is 19.4 Å². The number of rotatable bonds is 10. The molecule has 2 amide bonds. The standard InChI is InChI=1S/C25H30FN9O4/c26-16-11-28-8-7-18(16)33-25(39)20-12-29-23-19(30-13-1-2-13)10-21(34-35(20)23)31-14-3-5-15(6-4-14)32-24(38)17(27)9-22(36)37/h7-8,10-15,17,30H,1-6,9,27H2,(H,31,34)(H,32,38)(H,36,37)(H,28,33,39)/t14-,15-,17-/m0/s1. The summed E-state index contributed by atoms with van der Waals surface area (Å²) in [6.45, 7) is 0. The summed E-state index contributed by atoms with van der Waals surface area (Å²) in [5, 5.41) is 25.7. The zero-order valence-corrected chi connectivity index (χ0v) is 21.1. The third-order valence-corrected chi connectivity index (χ3v) is 6.81. The Morgan fingerprint density at radius 3 is 2.44 bits per heavy atom. The molecule has 3 heterocycles. The number of amides is 2. The fraction of sp³-hybridized carbons (Fsp3) is 0.440. The molecule has 1 atom stereocenters. The lowest BCUT2D eigenvalue weighted by molar-refractivity contribution is -0.139. The van der Waals surface area contributed by atoms with Gasteiger partial charge in [0.2, 0.25) is 5.91 Å². The molecule has 0 aliphatic heterocycles. The van der Waals surface area contributed by atoms with Crippen molar-refractivity contribution < 1.29 is 23.9 Å². The summed E-state index contributed by atoms with van der Waals surface area (Å²) in [4.78, 5) is 44.1. The molecular formula is C25H30FN9O4. The van der Waals surface area contributed by atoms with Crippen molar-refractivity contribution in [2.24, 2.45) is 5.73 Å². The Kier molecular flexibility index (Phi) is 7.54. The number of carbonyl (C=O) groups is 3. The van der Waals surface area contributed by atoms with Crippen molar-refractivity contribution in [3.8, 4) is 0 Å². The molecule has 13 nitrogen and oxygen atoms in total. The number of hydrogen-bond acceptors (Lipinski definition) is 9. The van der Waals surface area contributed by atoms with Gasteiger partial charge in [0.15, 0.2) is 17.2 Å². The van der Waals surface area contributed by atoms with E-state index in [2.05, 4.69) is 36.3 Å². The zero-order valence-electron chi connectivity index (χ0n) is 21.1. The van der Waals surface area contributed by atoms with E-state index in [1.54, 1.807) is 0 Å². The van der Waals surface area contributed by atoms with Gasteiger partial charge < -0.3 is 32.1 Å². The van der Waals surface area contributed by atoms with Gasteiger partial charge in [0.05, 0.1) is 36.2 Å². The third-order valence-electron chi connectivity index (χ3n) is 6.81. The molecule has 2 aliphatic carbocycles. The first-order valence-electron chi connectivity index (χ1n) is 12.9. The number of aromatic nitrogens is 4. The molecule has 14 heteroatoms. The number of aliphatic carboxylic acids is 1. The van der Waals surface area contributed by atoms with Crippen LogP contribution in [0.15, 0.2) is 30.7 Å². The average molecular weight is 540 g/mol. The van der Waals surface area contributed by atoms with Crippen LogP contribution in [-0.4, -0.2) is 66.6 Å². The van der Waals surface area contributed by atoms with E-state index in [0.29, 0.717) is 30.3 Å². The maximum atomic E-state index is 14.0. The number of anilines is 3. The molecule has 206 valence electrons. The predicted molar refractivity (Wildman–Crippen MR) is 140 cm³/mol. The Morgan fingerprint density at radius 2 is 1.74 bits per heavy atom. The molecule has 0 radical (unpaired) electrons. The minimum Gasteiger partial charge on any atom is -0.481 e. The molecule has 39 heavy (non-hydrogen) atoms. The van der Waals surface area contributed by atoms with Gasteiger partial charge in [-0.15, -0.1) is 5.10 Å². The van der Waals surface area contributed by atoms with Crippen LogP contribution in [0.1, 0.15) is 55.4 Å². The van der Waals surface area contributed by atoms with Gasteiger partial charge in [0.1, 0.15) is 5.82 Å².